The largest absolute Gasteiger partial charge is 0.370 e. The van der Waals surface area contributed by atoms with Crippen molar-refractivity contribution in [3.8, 4) is 12.1 Å². The maximum Gasteiger partial charge on any atom is 0.133 e. The predicted molar refractivity (Wildman–Crippen MR) is 69.7 cm³/mol. The van der Waals surface area contributed by atoms with Crippen molar-refractivity contribution < 1.29 is 0 Å². The van der Waals surface area contributed by atoms with Crippen LogP contribution in [0.5, 0.6) is 0 Å². The van der Waals surface area contributed by atoms with Gasteiger partial charge in [0.15, 0.2) is 0 Å². The summed E-state index contributed by atoms with van der Waals surface area (Å²) >= 11 is 0. The first-order valence-corrected chi connectivity index (χ1v) is 6.25. The van der Waals surface area contributed by atoms with Gasteiger partial charge in [-0.3, -0.25) is 0 Å². The van der Waals surface area contributed by atoms with Gasteiger partial charge < -0.3 is 4.90 Å². The number of nitrogens with zero attached hydrogens (tertiary/aromatic N) is 3. The van der Waals surface area contributed by atoms with Crippen LogP contribution in [0.2, 0.25) is 0 Å². The molecule has 2 aliphatic heterocycles. The third-order valence-electron chi connectivity index (χ3n) is 3.79. The molecule has 0 bridgehead atoms. The number of aryl methyl sites for hydroxylation is 1. The Morgan fingerprint density at radius 1 is 1.11 bits per heavy atom. The number of nitriles is 2. The number of hydrogen-bond donors (Lipinski definition) is 0. The fourth-order valence-electron chi connectivity index (χ4n) is 3.01. The van der Waals surface area contributed by atoms with Gasteiger partial charge in [-0.15, -0.1) is 0 Å². The minimum absolute atomic E-state index is 0.272. The van der Waals surface area contributed by atoms with Gasteiger partial charge in [-0.05, 0) is 30.4 Å². The minimum Gasteiger partial charge on any atom is -0.370 e. The Kier molecular flexibility index (Phi) is 2.54. The molecule has 0 amide bonds. The van der Waals surface area contributed by atoms with Gasteiger partial charge in [0.2, 0.25) is 0 Å². The fourth-order valence-corrected chi connectivity index (χ4v) is 3.01. The van der Waals surface area contributed by atoms with Crippen molar-refractivity contribution in [2.45, 2.75) is 19.3 Å². The second-order valence-corrected chi connectivity index (χ2v) is 4.73. The van der Waals surface area contributed by atoms with E-state index in [9.17, 15) is 0 Å². The highest BCUT2D eigenvalue weighted by atomic mass is 15.1. The summed E-state index contributed by atoms with van der Waals surface area (Å²) in [7, 11) is 0. The van der Waals surface area contributed by atoms with Crippen molar-refractivity contribution in [2.75, 3.05) is 18.0 Å². The molecule has 3 rings (SSSR count). The molecule has 88 valence electrons. The lowest BCUT2D eigenvalue weighted by atomic mass is 9.87. The van der Waals surface area contributed by atoms with E-state index in [1.54, 1.807) is 0 Å². The molecule has 2 aliphatic rings. The van der Waals surface area contributed by atoms with Crippen LogP contribution >= 0.6 is 0 Å². The molecular weight excluding hydrogens is 222 g/mol. The molecule has 0 saturated heterocycles. The zero-order valence-electron chi connectivity index (χ0n) is 10.1. The van der Waals surface area contributed by atoms with Gasteiger partial charge in [0.05, 0.1) is 0 Å². The summed E-state index contributed by atoms with van der Waals surface area (Å²) in [4.78, 5) is 2.39. The topological polar surface area (TPSA) is 50.8 Å². The van der Waals surface area contributed by atoms with Crippen LogP contribution in [0.1, 0.15) is 24.0 Å². The average Bonchev–Trinajstić information content (AvgIpc) is 2.43. The van der Waals surface area contributed by atoms with E-state index in [4.69, 9.17) is 10.5 Å². The first kappa shape index (κ1) is 10.9. The molecule has 0 saturated carbocycles. The van der Waals surface area contributed by atoms with Gasteiger partial charge in [-0.2, -0.15) is 10.5 Å². The second-order valence-electron chi connectivity index (χ2n) is 4.73. The van der Waals surface area contributed by atoms with Crippen LogP contribution in [-0.2, 0) is 6.42 Å². The van der Waals surface area contributed by atoms with Gasteiger partial charge in [0.1, 0.15) is 17.7 Å². The van der Waals surface area contributed by atoms with E-state index >= 15 is 0 Å². The van der Waals surface area contributed by atoms with E-state index in [1.807, 2.05) is 24.3 Å². The average molecular weight is 235 g/mol. The Labute approximate surface area is 107 Å². The SMILES string of the molecule is N#CC(C#N)=C1CCN2CCCc3cccc1c32. The molecule has 0 atom stereocenters. The smallest absolute Gasteiger partial charge is 0.133 e. The molecular formula is C15H13N3. The van der Waals surface area contributed by atoms with Crippen molar-refractivity contribution >= 4 is 11.3 Å². The summed E-state index contributed by atoms with van der Waals surface area (Å²) in [5, 5.41) is 18.1. The molecule has 18 heavy (non-hydrogen) atoms. The Morgan fingerprint density at radius 2 is 1.94 bits per heavy atom. The summed E-state index contributed by atoms with van der Waals surface area (Å²) in [5.41, 5.74) is 4.90. The van der Waals surface area contributed by atoms with Crippen molar-refractivity contribution in [2.24, 2.45) is 0 Å². The monoisotopic (exact) mass is 235 g/mol. The Balaban J connectivity index is 2.25. The van der Waals surface area contributed by atoms with Crippen molar-refractivity contribution in [1.82, 2.24) is 0 Å². The minimum atomic E-state index is 0.272. The zero-order chi connectivity index (χ0) is 12.5. The number of rotatable bonds is 0. The number of benzene rings is 1. The molecule has 0 N–H and O–H groups in total. The summed E-state index contributed by atoms with van der Waals surface area (Å²) in [6.45, 7) is 2.01. The summed E-state index contributed by atoms with van der Waals surface area (Å²) in [6.07, 6.45) is 3.09. The summed E-state index contributed by atoms with van der Waals surface area (Å²) in [6, 6.07) is 10.3. The normalized spacial score (nSPS) is 16.6. The van der Waals surface area contributed by atoms with Gasteiger partial charge in [-0.1, -0.05) is 18.2 Å². The van der Waals surface area contributed by atoms with E-state index in [0.717, 1.165) is 37.1 Å². The Hall–Kier alpha value is -2.26. The number of hydrogen-bond acceptors (Lipinski definition) is 3. The highest BCUT2D eigenvalue weighted by molar-refractivity contribution is 5.86. The molecule has 3 nitrogen and oxygen atoms in total. The lowest BCUT2D eigenvalue weighted by Gasteiger charge is -2.37. The standard InChI is InChI=1S/C15H13N3/c16-9-12(10-17)13-6-8-18-7-2-4-11-3-1-5-14(13)15(11)18/h1,3,5H,2,4,6-8H2. The fraction of sp³-hybridized carbons (Fsp3) is 0.333. The molecule has 0 aliphatic carbocycles. The van der Waals surface area contributed by atoms with Gasteiger partial charge in [0.25, 0.3) is 0 Å². The van der Waals surface area contributed by atoms with Gasteiger partial charge in [0, 0.05) is 24.3 Å². The number of anilines is 1. The third-order valence-corrected chi connectivity index (χ3v) is 3.79. The molecule has 0 aromatic heterocycles. The first-order chi connectivity index (χ1) is 8.85. The quantitative estimate of drug-likeness (QED) is 0.649. The predicted octanol–water partition coefficient (Wildman–Crippen LogP) is 2.64. The van der Waals surface area contributed by atoms with E-state index in [1.165, 1.54) is 17.7 Å². The maximum absolute atomic E-state index is 9.07. The molecule has 0 fully saturated rings. The first-order valence-electron chi connectivity index (χ1n) is 6.25. The van der Waals surface area contributed by atoms with E-state index in [-0.39, 0.29) is 5.57 Å². The summed E-state index contributed by atoms with van der Waals surface area (Å²) < 4.78 is 0. The van der Waals surface area contributed by atoms with Crippen LogP contribution in [0.4, 0.5) is 5.69 Å². The zero-order valence-corrected chi connectivity index (χ0v) is 10.1. The number of para-hydroxylation sites is 1. The number of allylic oxidation sites excluding steroid dienone is 1. The Bertz CT molecular complexity index is 598. The van der Waals surface area contributed by atoms with Crippen LogP contribution in [0.15, 0.2) is 23.8 Å². The van der Waals surface area contributed by atoms with E-state index in [2.05, 4.69) is 11.0 Å². The lowest BCUT2D eigenvalue weighted by molar-refractivity contribution is 0.683. The lowest BCUT2D eigenvalue weighted by Crippen LogP contribution is -2.34. The van der Waals surface area contributed by atoms with Crippen molar-refractivity contribution in [1.29, 1.82) is 10.5 Å². The van der Waals surface area contributed by atoms with Crippen LogP contribution in [0.25, 0.3) is 5.57 Å². The van der Waals surface area contributed by atoms with Crippen molar-refractivity contribution in [3.63, 3.8) is 0 Å². The van der Waals surface area contributed by atoms with E-state index < -0.39 is 0 Å². The molecule has 0 radical (unpaired) electrons. The van der Waals surface area contributed by atoms with Gasteiger partial charge >= 0.3 is 0 Å². The van der Waals surface area contributed by atoms with Gasteiger partial charge in [-0.25, -0.2) is 0 Å². The molecule has 0 spiro atoms. The highest BCUT2D eigenvalue weighted by Crippen LogP contribution is 2.40. The van der Waals surface area contributed by atoms with Crippen LogP contribution < -0.4 is 4.90 Å². The van der Waals surface area contributed by atoms with Crippen LogP contribution in [0.3, 0.4) is 0 Å². The molecule has 2 heterocycles. The maximum atomic E-state index is 9.07. The van der Waals surface area contributed by atoms with Crippen molar-refractivity contribution in [3.05, 3.63) is 34.9 Å². The van der Waals surface area contributed by atoms with Crippen LogP contribution in [-0.4, -0.2) is 13.1 Å². The second kappa shape index (κ2) is 4.20. The van der Waals surface area contributed by atoms with E-state index in [0.29, 0.717) is 0 Å². The molecule has 3 heteroatoms. The Morgan fingerprint density at radius 3 is 2.72 bits per heavy atom. The molecule has 0 unspecified atom stereocenters. The third kappa shape index (κ3) is 1.49. The summed E-state index contributed by atoms with van der Waals surface area (Å²) in [5.74, 6) is 0. The van der Waals surface area contributed by atoms with Crippen LogP contribution in [0, 0.1) is 22.7 Å². The highest BCUT2D eigenvalue weighted by Gasteiger charge is 2.27. The molecule has 1 aromatic carbocycles. The molecule has 1 aromatic rings.